The lowest BCUT2D eigenvalue weighted by molar-refractivity contribution is -0.429. The highest BCUT2D eigenvalue weighted by Crippen LogP contribution is 2.40. The van der Waals surface area contributed by atoms with Crippen LogP contribution < -0.4 is 4.90 Å². The van der Waals surface area contributed by atoms with Gasteiger partial charge in [-0.05, 0) is 23.7 Å². The predicted octanol–water partition coefficient (Wildman–Crippen LogP) is 6.83. The van der Waals surface area contributed by atoms with Crippen LogP contribution in [0, 0.1) is 0 Å². The second-order valence-corrected chi connectivity index (χ2v) is 10.1. The number of amidine groups is 1. The number of rotatable bonds is 7. The molecular formula is C28H39N2O2+. The van der Waals surface area contributed by atoms with E-state index in [0.29, 0.717) is 42.6 Å². The minimum atomic E-state index is -0.871. The third kappa shape index (κ3) is 4.32. The Morgan fingerprint density at radius 2 is 1.19 bits per heavy atom. The summed E-state index contributed by atoms with van der Waals surface area (Å²) in [5.41, 5.74) is 6.98. The predicted molar refractivity (Wildman–Crippen MR) is 134 cm³/mol. The summed E-state index contributed by atoms with van der Waals surface area (Å²) in [6, 6.07) is 12.8. The van der Waals surface area contributed by atoms with Crippen LogP contribution in [0.1, 0.15) is 101 Å². The Labute approximate surface area is 193 Å². The summed E-state index contributed by atoms with van der Waals surface area (Å²) in [5, 5.41) is 10.5. The maximum atomic E-state index is 12.8. The molecule has 172 valence electrons. The average Bonchev–Trinajstić information content (AvgIpc) is 3.17. The fourth-order valence-corrected chi connectivity index (χ4v) is 4.87. The third-order valence-electron chi connectivity index (χ3n) is 6.47. The zero-order chi connectivity index (χ0) is 23.7. The van der Waals surface area contributed by atoms with Crippen LogP contribution in [0.4, 0.5) is 11.4 Å². The molecule has 0 aromatic heterocycles. The molecule has 4 heteroatoms. The molecule has 32 heavy (non-hydrogen) atoms. The fourth-order valence-electron chi connectivity index (χ4n) is 4.87. The standard InChI is InChI=1S/C28H38N2O2/c1-17(2)21-11-9-12-22(18(3)4)25(21)29-15-16-30(27(29)28(31)32)26-23(19(5)6)13-10-14-24(26)20(7)8/h9-14,17-20H,15-16H2,1-8H3/p+1. The number of hydrogen-bond acceptors (Lipinski definition) is 2. The van der Waals surface area contributed by atoms with Crippen molar-refractivity contribution in [3.63, 3.8) is 0 Å². The molecule has 2 aromatic carbocycles. The molecule has 2 aromatic rings. The number of nitrogens with zero attached hydrogens (tertiary/aromatic N) is 2. The van der Waals surface area contributed by atoms with Gasteiger partial charge in [-0.3, -0.25) is 0 Å². The van der Waals surface area contributed by atoms with E-state index < -0.39 is 5.97 Å². The highest BCUT2D eigenvalue weighted by molar-refractivity contribution is 6.38. The van der Waals surface area contributed by atoms with Crippen molar-refractivity contribution in [1.29, 1.82) is 0 Å². The molecule has 0 saturated carbocycles. The molecule has 0 saturated heterocycles. The van der Waals surface area contributed by atoms with Crippen molar-refractivity contribution in [2.24, 2.45) is 0 Å². The lowest BCUT2D eigenvalue weighted by Crippen LogP contribution is -2.37. The van der Waals surface area contributed by atoms with Crippen molar-refractivity contribution >= 4 is 23.2 Å². The maximum absolute atomic E-state index is 12.8. The molecule has 0 bridgehead atoms. The molecule has 0 amide bonds. The third-order valence-corrected chi connectivity index (χ3v) is 6.47. The molecule has 3 rings (SSSR count). The van der Waals surface area contributed by atoms with E-state index in [4.69, 9.17) is 0 Å². The Balaban J connectivity index is 2.34. The van der Waals surface area contributed by atoms with E-state index in [1.165, 1.54) is 22.3 Å². The summed E-state index contributed by atoms with van der Waals surface area (Å²) < 4.78 is 2.06. The van der Waals surface area contributed by atoms with Crippen LogP contribution in [-0.4, -0.2) is 34.6 Å². The van der Waals surface area contributed by atoms with Crippen LogP contribution in [0.15, 0.2) is 36.4 Å². The van der Waals surface area contributed by atoms with Crippen molar-refractivity contribution in [3.8, 4) is 0 Å². The van der Waals surface area contributed by atoms with E-state index in [2.05, 4.69) is 101 Å². The molecule has 1 heterocycles. The highest BCUT2D eigenvalue weighted by atomic mass is 16.4. The zero-order valence-electron chi connectivity index (χ0n) is 20.9. The molecule has 0 aliphatic carbocycles. The van der Waals surface area contributed by atoms with E-state index in [0.717, 1.165) is 11.4 Å². The number of carboxylic acid groups (broad SMARTS) is 1. The molecule has 4 nitrogen and oxygen atoms in total. The maximum Gasteiger partial charge on any atom is 0.419 e. The molecule has 0 atom stereocenters. The smallest absolute Gasteiger partial charge is 0.419 e. The monoisotopic (exact) mass is 435 g/mol. The van der Waals surface area contributed by atoms with Gasteiger partial charge in [0.05, 0.1) is 0 Å². The Bertz CT molecular complexity index is 979. The number of carboxylic acids is 1. The second-order valence-electron chi connectivity index (χ2n) is 10.1. The van der Waals surface area contributed by atoms with Crippen molar-refractivity contribution in [2.75, 3.05) is 18.0 Å². The van der Waals surface area contributed by atoms with Crippen molar-refractivity contribution in [1.82, 2.24) is 0 Å². The largest absolute Gasteiger partial charge is 0.472 e. The first-order chi connectivity index (χ1) is 15.1. The lowest BCUT2D eigenvalue weighted by atomic mass is 9.91. The molecule has 1 aliphatic rings. The van der Waals surface area contributed by atoms with Gasteiger partial charge in [-0.2, -0.15) is 0 Å². The van der Waals surface area contributed by atoms with Gasteiger partial charge in [0, 0.05) is 22.3 Å². The van der Waals surface area contributed by atoms with Crippen LogP contribution in [0.5, 0.6) is 0 Å². The van der Waals surface area contributed by atoms with E-state index in [1.807, 2.05) is 0 Å². The van der Waals surface area contributed by atoms with Crippen LogP contribution >= 0.6 is 0 Å². The van der Waals surface area contributed by atoms with Crippen molar-refractivity contribution in [3.05, 3.63) is 58.7 Å². The van der Waals surface area contributed by atoms with E-state index in [-0.39, 0.29) is 0 Å². The van der Waals surface area contributed by atoms with Crippen LogP contribution in [-0.2, 0) is 4.79 Å². The van der Waals surface area contributed by atoms with Gasteiger partial charge in [-0.15, -0.1) is 0 Å². The van der Waals surface area contributed by atoms with Crippen LogP contribution in [0.3, 0.4) is 0 Å². The Hall–Kier alpha value is -2.62. The summed E-state index contributed by atoms with van der Waals surface area (Å²) in [5.74, 6) is 0.729. The normalized spacial score (nSPS) is 14.6. The van der Waals surface area contributed by atoms with E-state index in [1.54, 1.807) is 0 Å². The van der Waals surface area contributed by atoms with Gasteiger partial charge in [0.25, 0.3) is 0 Å². The molecule has 0 radical (unpaired) electrons. The van der Waals surface area contributed by atoms with Gasteiger partial charge >= 0.3 is 11.8 Å². The SMILES string of the molecule is CC(C)c1cccc(C(C)C)c1N1CC[N+](c2c(C(C)C)cccc2C(C)C)=C1C(=O)O. The lowest BCUT2D eigenvalue weighted by Gasteiger charge is -2.22. The number of carbonyl (C=O) groups is 1. The first-order valence-corrected chi connectivity index (χ1v) is 12.0. The van der Waals surface area contributed by atoms with Crippen LogP contribution in [0.25, 0.3) is 0 Å². The summed E-state index contributed by atoms with van der Waals surface area (Å²) in [6.45, 7) is 18.8. The van der Waals surface area contributed by atoms with Crippen molar-refractivity contribution in [2.45, 2.75) is 79.1 Å². The molecule has 1 N–H and O–H groups in total. The summed E-state index contributed by atoms with van der Waals surface area (Å²) in [6.07, 6.45) is 0. The first kappa shape index (κ1) is 24.0. The average molecular weight is 436 g/mol. The van der Waals surface area contributed by atoms with Crippen LogP contribution in [0.2, 0.25) is 0 Å². The quantitative estimate of drug-likeness (QED) is 0.485. The number of aliphatic carboxylic acids is 1. The Kier molecular flexibility index (Phi) is 7.12. The molecule has 0 fully saturated rings. The van der Waals surface area contributed by atoms with Gasteiger partial charge in [0.1, 0.15) is 24.5 Å². The molecule has 0 spiro atoms. The van der Waals surface area contributed by atoms with Crippen molar-refractivity contribution < 1.29 is 14.5 Å². The summed E-state index contributed by atoms with van der Waals surface area (Å²) in [7, 11) is 0. The van der Waals surface area contributed by atoms with E-state index >= 15 is 0 Å². The minimum Gasteiger partial charge on any atom is -0.472 e. The topological polar surface area (TPSA) is 43.5 Å². The Morgan fingerprint density at radius 1 is 0.781 bits per heavy atom. The van der Waals surface area contributed by atoms with Gasteiger partial charge in [0.15, 0.2) is 0 Å². The molecule has 1 aliphatic heterocycles. The highest BCUT2D eigenvalue weighted by Gasteiger charge is 2.42. The fraction of sp³-hybridized carbons (Fsp3) is 0.500. The molecular weight excluding hydrogens is 396 g/mol. The number of hydrogen-bond donors (Lipinski definition) is 1. The second kappa shape index (κ2) is 9.48. The first-order valence-electron chi connectivity index (χ1n) is 12.0. The summed E-state index contributed by atoms with van der Waals surface area (Å²) in [4.78, 5) is 14.8. The Morgan fingerprint density at radius 3 is 1.56 bits per heavy atom. The summed E-state index contributed by atoms with van der Waals surface area (Å²) >= 11 is 0. The van der Waals surface area contributed by atoms with Gasteiger partial charge < -0.3 is 5.11 Å². The van der Waals surface area contributed by atoms with Gasteiger partial charge in [0.2, 0.25) is 0 Å². The number of benzene rings is 2. The van der Waals surface area contributed by atoms with Gasteiger partial charge in [-0.25, -0.2) is 14.3 Å². The van der Waals surface area contributed by atoms with Gasteiger partial charge in [-0.1, -0.05) is 91.8 Å². The number of para-hydroxylation sites is 2. The molecule has 0 unspecified atom stereocenters. The minimum absolute atomic E-state index is 0.307. The van der Waals surface area contributed by atoms with E-state index in [9.17, 15) is 9.90 Å². The zero-order valence-corrected chi connectivity index (χ0v) is 20.9. The number of anilines is 1.